The number of hydrogen-bond donors (Lipinski definition) is 2. The van der Waals surface area contributed by atoms with Crippen molar-refractivity contribution in [3.63, 3.8) is 0 Å². The standard InChI is InChI=1S/C46H45F3N14O4S/c1-57-36-21-29(22-51-40(36)42(56-57)62-13-9-37(64)53-45(62)67)32-8-12-58(25-46(32,48)49)24-38(65)60-16-14-59(15-17-60)30-6-4-27(5-7-30)28-19-33(47)31-23-63(55-34(31)20-28)41(43(66)54-44-50-10-18-68-44)39-35-3-2-11-61(35)26-52-39/h4-7,10,18-23,26,32,41H,2-3,8-9,11-17,24-25H2,1H3,(H,50,54,66)(H,53,64,67). The number of hydrogen-bond acceptors (Lipinski definition) is 12. The molecule has 4 aliphatic heterocycles. The van der Waals surface area contributed by atoms with Crippen LogP contribution in [-0.2, 0) is 34.4 Å². The van der Waals surface area contributed by atoms with Crippen molar-refractivity contribution in [3.8, 4) is 11.1 Å². The molecule has 0 saturated carbocycles. The highest BCUT2D eigenvalue weighted by Crippen LogP contribution is 2.41. The highest BCUT2D eigenvalue weighted by atomic mass is 32.1. The van der Waals surface area contributed by atoms with E-state index in [1.807, 2.05) is 28.8 Å². The monoisotopic (exact) mass is 946 g/mol. The number of likely N-dealkylation sites (tertiary alicyclic amines) is 1. The third-order valence-corrected chi connectivity index (χ3v) is 14.1. The fourth-order valence-electron chi connectivity index (χ4n) is 9.96. The van der Waals surface area contributed by atoms with Crippen molar-refractivity contribution in [1.29, 1.82) is 0 Å². The molecule has 2 atom stereocenters. The highest BCUT2D eigenvalue weighted by molar-refractivity contribution is 7.13. The second kappa shape index (κ2) is 17.1. The largest absolute Gasteiger partial charge is 0.368 e. The average molecular weight is 947 g/mol. The van der Waals surface area contributed by atoms with Crippen LogP contribution in [0.4, 0.5) is 34.6 Å². The Balaban J connectivity index is 0.713. The molecule has 9 heterocycles. The Morgan fingerprint density at radius 2 is 1.78 bits per heavy atom. The topological polar surface area (TPSA) is 185 Å². The van der Waals surface area contributed by atoms with Gasteiger partial charge < -0.3 is 14.4 Å². The number of carbonyl (C=O) groups is 4. The summed E-state index contributed by atoms with van der Waals surface area (Å²) in [6.07, 6.45) is 8.24. The number of urea groups is 1. The van der Waals surface area contributed by atoms with E-state index in [0.29, 0.717) is 71.2 Å². The lowest BCUT2D eigenvalue weighted by molar-refractivity contribution is -0.136. The molecule has 5 aromatic heterocycles. The SMILES string of the molecule is Cn1nc(N2CCC(=O)NC2=O)c2ncc(C3CCN(CC(=O)N4CCN(c5ccc(-c6cc(F)c7cn(C(C(=O)Nc8nccs8)c8ncn9c8CCC9)nc7c6)cc5)CC4)CC3(F)F)cc21. The number of imide groups is 1. The van der Waals surface area contributed by atoms with E-state index in [1.165, 1.54) is 42.8 Å². The lowest BCUT2D eigenvalue weighted by atomic mass is 9.87. The smallest absolute Gasteiger partial charge is 0.329 e. The predicted octanol–water partition coefficient (Wildman–Crippen LogP) is 5.17. The molecule has 350 valence electrons. The molecular formula is C46H45F3N14O4S. The number of piperidine rings is 1. The number of aromatic nitrogens is 8. The Morgan fingerprint density at radius 3 is 2.54 bits per heavy atom. The van der Waals surface area contributed by atoms with E-state index in [-0.39, 0.29) is 54.9 Å². The summed E-state index contributed by atoms with van der Waals surface area (Å²) in [6.45, 7) is 2.49. The summed E-state index contributed by atoms with van der Waals surface area (Å²) in [5, 5.41) is 16.8. The van der Waals surface area contributed by atoms with Gasteiger partial charge in [0.2, 0.25) is 11.8 Å². The summed E-state index contributed by atoms with van der Waals surface area (Å²) < 4.78 is 52.6. The van der Waals surface area contributed by atoms with E-state index >= 15 is 13.2 Å². The van der Waals surface area contributed by atoms with Crippen LogP contribution < -0.4 is 20.4 Å². The summed E-state index contributed by atoms with van der Waals surface area (Å²) in [6, 6.07) is 11.1. The van der Waals surface area contributed by atoms with Crippen molar-refractivity contribution < 1.29 is 32.3 Å². The van der Waals surface area contributed by atoms with Crippen molar-refractivity contribution in [2.45, 2.75) is 50.1 Å². The number of pyridine rings is 1. The van der Waals surface area contributed by atoms with Crippen molar-refractivity contribution >= 4 is 73.7 Å². The van der Waals surface area contributed by atoms with Crippen LogP contribution in [0.2, 0.25) is 0 Å². The third-order valence-electron chi connectivity index (χ3n) is 13.5. The highest BCUT2D eigenvalue weighted by Gasteiger charge is 2.46. The summed E-state index contributed by atoms with van der Waals surface area (Å²) in [5.41, 5.74) is 5.45. The molecule has 22 heteroatoms. The van der Waals surface area contributed by atoms with Gasteiger partial charge in [-0.05, 0) is 72.8 Å². The van der Waals surface area contributed by atoms with Crippen molar-refractivity contribution in [2.75, 3.05) is 67.5 Å². The van der Waals surface area contributed by atoms with Gasteiger partial charge in [0.05, 0.1) is 47.4 Å². The molecule has 3 saturated heterocycles. The number of rotatable bonds is 10. The quantitative estimate of drug-likeness (QED) is 0.185. The number of nitrogens with zero attached hydrogens (tertiary/aromatic N) is 12. The van der Waals surface area contributed by atoms with Crippen LogP contribution in [0.15, 0.2) is 72.8 Å². The summed E-state index contributed by atoms with van der Waals surface area (Å²) in [7, 11) is 1.65. The van der Waals surface area contributed by atoms with Gasteiger partial charge in [0, 0.05) is 88.1 Å². The molecule has 4 aliphatic rings. The first kappa shape index (κ1) is 43.4. The zero-order chi connectivity index (χ0) is 46.8. The maximum Gasteiger partial charge on any atom is 0.329 e. The summed E-state index contributed by atoms with van der Waals surface area (Å²) in [5.74, 6) is -5.45. The average Bonchev–Trinajstić information content (AvgIpc) is 4.18. The number of piperazine rings is 1. The number of amides is 5. The summed E-state index contributed by atoms with van der Waals surface area (Å²) >= 11 is 1.30. The normalized spacial score (nSPS) is 19.2. The molecule has 0 bridgehead atoms. The number of thiazole rings is 1. The zero-order valence-electron chi connectivity index (χ0n) is 36.8. The van der Waals surface area contributed by atoms with Gasteiger partial charge in [-0.3, -0.25) is 49.2 Å². The Morgan fingerprint density at radius 1 is 0.956 bits per heavy atom. The molecule has 7 aromatic rings. The fraction of sp³-hybridized carbons (Fsp3) is 0.370. The summed E-state index contributed by atoms with van der Waals surface area (Å²) in [4.78, 5) is 71.4. The van der Waals surface area contributed by atoms with E-state index in [2.05, 4.69) is 35.6 Å². The molecule has 18 nitrogen and oxygen atoms in total. The lowest BCUT2D eigenvalue weighted by Crippen LogP contribution is -2.54. The zero-order valence-corrected chi connectivity index (χ0v) is 37.6. The number of carbonyl (C=O) groups excluding carboxylic acids is 4. The van der Waals surface area contributed by atoms with Crippen molar-refractivity contribution in [1.82, 2.24) is 54.2 Å². The van der Waals surface area contributed by atoms with Gasteiger partial charge >= 0.3 is 6.03 Å². The van der Waals surface area contributed by atoms with Crippen LogP contribution in [-0.4, -0.2) is 131 Å². The molecule has 0 spiro atoms. The van der Waals surface area contributed by atoms with E-state index in [0.717, 1.165) is 36.3 Å². The number of alkyl halides is 2. The first-order chi connectivity index (χ1) is 32.9. The van der Waals surface area contributed by atoms with Crippen LogP contribution in [0.5, 0.6) is 0 Å². The van der Waals surface area contributed by atoms with Gasteiger partial charge in [0.25, 0.3) is 11.8 Å². The number of halogens is 3. The molecule has 5 amide bonds. The van der Waals surface area contributed by atoms with Gasteiger partial charge in [-0.15, -0.1) is 11.3 Å². The van der Waals surface area contributed by atoms with Crippen LogP contribution in [0.3, 0.4) is 0 Å². The Kier molecular flexibility index (Phi) is 10.9. The number of benzene rings is 2. The number of anilines is 3. The predicted molar refractivity (Wildman–Crippen MR) is 246 cm³/mol. The number of aryl methyl sites for hydroxylation is 2. The van der Waals surface area contributed by atoms with Crippen LogP contribution >= 0.6 is 11.3 Å². The molecule has 0 aliphatic carbocycles. The molecule has 11 rings (SSSR count). The molecule has 0 radical (unpaired) electrons. The molecule has 2 N–H and O–H groups in total. The molecular weight excluding hydrogens is 902 g/mol. The van der Waals surface area contributed by atoms with Crippen molar-refractivity contribution in [2.24, 2.45) is 7.05 Å². The molecule has 3 fully saturated rings. The number of imidazole rings is 1. The Bertz CT molecular complexity index is 3110. The van der Waals surface area contributed by atoms with Gasteiger partial charge in [0.15, 0.2) is 17.0 Å². The van der Waals surface area contributed by atoms with Crippen LogP contribution in [0, 0.1) is 5.82 Å². The van der Waals surface area contributed by atoms with E-state index < -0.39 is 36.3 Å². The fourth-order valence-corrected chi connectivity index (χ4v) is 10.5. The second-order valence-corrected chi connectivity index (χ2v) is 18.6. The maximum absolute atomic E-state index is 15.9. The van der Waals surface area contributed by atoms with Crippen molar-refractivity contribution in [3.05, 3.63) is 95.5 Å². The molecule has 68 heavy (non-hydrogen) atoms. The Labute approximate surface area is 390 Å². The van der Waals surface area contributed by atoms with Crippen LogP contribution in [0.1, 0.15) is 48.2 Å². The first-order valence-corrected chi connectivity index (χ1v) is 23.3. The number of nitrogens with one attached hydrogen (secondary N) is 2. The van der Waals surface area contributed by atoms with Gasteiger partial charge in [-0.25, -0.2) is 27.9 Å². The molecule has 2 unspecified atom stereocenters. The maximum atomic E-state index is 15.9. The third kappa shape index (κ3) is 7.99. The van der Waals surface area contributed by atoms with Gasteiger partial charge in [-0.1, -0.05) is 12.1 Å². The minimum atomic E-state index is -3.14. The van der Waals surface area contributed by atoms with E-state index in [9.17, 15) is 19.2 Å². The van der Waals surface area contributed by atoms with Gasteiger partial charge in [0.1, 0.15) is 11.3 Å². The minimum absolute atomic E-state index is 0.109. The van der Waals surface area contributed by atoms with Gasteiger partial charge in [-0.2, -0.15) is 10.2 Å². The molecule has 2 aromatic carbocycles. The first-order valence-electron chi connectivity index (χ1n) is 22.5. The lowest BCUT2D eigenvalue weighted by Gasteiger charge is -2.40. The van der Waals surface area contributed by atoms with E-state index in [1.54, 1.807) is 48.2 Å². The second-order valence-electron chi connectivity index (χ2n) is 17.7. The number of fused-ring (bicyclic) bond motifs is 3. The van der Waals surface area contributed by atoms with Crippen LogP contribution in [0.25, 0.3) is 33.1 Å². The van der Waals surface area contributed by atoms with E-state index in [4.69, 9.17) is 5.10 Å². The minimum Gasteiger partial charge on any atom is -0.368 e. The Hall–Kier alpha value is -7.20.